The fraction of sp³-hybridized carbons (Fsp3) is 0.350. The summed E-state index contributed by atoms with van der Waals surface area (Å²) in [6, 6.07) is 13.8. The fourth-order valence-corrected chi connectivity index (χ4v) is 4.30. The van der Waals surface area contributed by atoms with Crippen molar-refractivity contribution in [2.75, 3.05) is 0 Å². The van der Waals surface area contributed by atoms with Crippen LogP contribution in [-0.4, -0.2) is 28.0 Å². The normalized spacial score (nSPS) is 25.7. The number of phenols is 1. The number of fused-ring (bicyclic) bond motifs is 2. The van der Waals surface area contributed by atoms with E-state index in [1.54, 1.807) is 18.2 Å². The second kappa shape index (κ2) is 5.93. The molecule has 2 bridgehead atoms. The van der Waals surface area contributed by atoms with Crippen molar-refractivity contribution in [3.05, 3.63) is 65.5 Å². The molecule has 0 spiro atoms. The predicted octanol–water partition coefficient (Wildman–Crippen LogP) is 4.08. The van der Waals surface area contributed by atoms with Crippen molar-refractivity contribution in [2.24, 2.45) is 0 Å². The summed E-state index contributed by atoms with van der Waals surface area (Å²) < 4.78 is 13.1. The van der Waals surface area contributed by atoms with Gasteiger partial charge in [-0.3, -0.25) is 4.79 Å². The van der Waals surface area contributed by atoms with Gasteiger partial charge in [-0.1, -0.05) is 18.2 Å². The first-order valence-corrected chi connectivity index (χ1v) is 8.49. The number of aromatic hydroxyl groups is 1. The van der Waals surface area contributed by atoms with E-state index in [0.717, 1.165) is 31.2 Å². The van der Waals surface area contributed by atoms with Crippen LogP contribution in [0.4, 0.5) is 4.39 Å². The van der Waals surface area contributed by atoms with E-state index in [1.165, 1.54) is 18.2 Å². The fourth-order valence-electron chi connectivity index (χ4n) is 4.30. The molecule has 24 heavy (non-hydrogen) atoms. The molecule has 3 nitrogen and oxygen atoms in total. The Morgan fingerprint density at radius 2 is 1.71 bits per heavy atom. The number of benzene rings is 2. The average molecular weight is 325 g/mol. The monoisotopic (exact) mass is 325 g/mol. The van der Waals surface area contributed by atoms with Crippen LogP contribution >= 0.6 is 0 Å². The largest absolute Gasteiger partial charge is 0.508 e. The van der Waals surface area contributed by atoms with E-state index in [2.05, 4.69) is 0 Å². The molecule has 2 saturated heterocycles. The molecule has 2 aromatic carbocycles. The number of halogens is 1. The van der Waals surface area contributed by atoms with Gasteiger partial charge in [0.2, 0.25) is 0 Å². The molecule has 1 N–H and O–H groups in total. The molecule has 0 aromatic heterocycles. The topological polar surface area (TPSA) is 40.5 Å². The summed E-state index contributed by atoms with van der Waals surface area (Å²) in [5.41, 5.74) is 1.71. The third kappa shape index (κ3) is 2.66. The molecule has 2 aliphatic rings. The van der Waals surface area contributed by atoms with Crippen LogP contribution in [0, 0.1) is 5.82 Å². The molecule has 1 amide bonds. The van der Waals surface area contributed by atoms with Crippen molar-refractivity contribution in [1.82, 2.24) is 4.90 Å². The maximum atomic E-state index is 13.1. The molecular formula is C20H20FNO2. The van der Waals surface area contributed by atoms with Crippen molar-refractivity contribution in [1.29, 1.82) is 0 Å². The van der Waals surface area contributed by atoms with Gasteiger partial charge in [0.1, 0.15) is 11.6 Å². The van der Waals surface area contributed by atoms with E-state index in [9.17, 15) is 14.3 Å². The number of carbonyl (C=O) groups excluding carboxylic acids is 1. The van der Waals surface area contributed by atoms with Crippen molar-refractivity contribution >= 4 is 5.91 Å². The molecule has 0 saturated carbocycles. The standard InChI is InChI=1S/C20H20FNO2/c21-16-6-4-13(5-7-16)15-10-17-8-9-18(11-15)22(17)20(24)14-2-1-3-19(23)12-14/h1-7,12,15,17-18,23H,8-11H2/t15?,17-,18+. The molecule has 2 aromatic rings. The molecule has 0 radical (unpaired) electrons. The smallest absolute Gasteiger partial charge is 0.254 e. The molecule has 3 atom stereocenters. The number of rotatable bonds is 2. The second-order valence-corrected chi connectivity index (χ2v) is 6.87. The van der Waals surface area contributed by atoms with Gasteiger partial charge in [-0.15, -0.1) is 0 Å². The summed E-state index contributed by atoms with van der Waals surface area (Å²) in [6.07, 6.45) is 3.89. The molecule has 4 heteroatoms. The number of amides is 1. The molecule has 0 aliphatic carbocycles. The minimum absolute atomic E-state index is 0.0101. The molecule has 2 aliphatic heterocycles. The summed E-state index contributed by atoms with van der Waals surface area (Å²) >= 11 is 0. The van der Waals surface area contributed by atoms with Gasteiger partial charge in [-0.25, -0.2) is 4.39 Å². The zero-order valence-electron chi connectivity index (χ0n) is 13.4. The average Bonchev–Trinajstić information content (AvgIpc) is 2.84. The summed E-state index contributed by atoms with van der Waals surface area (Å²) in [5.74, 6) is 0.305. The van der Waals surface area contributed by atoms with E-state index in [0.29, 0.717) is 11.5 Å². The van der Waals surface area contributed by atoms with E-state index in [-0.39, 0.29) is 29.6 Å². The van der Waals surface area contributed by atoms with Gasteiger partial charge in [0.15, 0.2) is 0 Å². The summed E-state index contributed by atoms with van der Waals surface area (Å²) in [5, 5.41) is 9.62. The van der Waals surface area contributed by atoms with E-state index < -0.39 is 0 Å². The maximum absolute atomic E-state index is 13.1. The number of piperidine rings is 1. The minimum atomic E-state index is -0.210. The van der Waals surface area contributed by atoms with Gasteiger partial charge in [0.05, 0.1) is 0 Å². The van der Waals surface area contributed by atoms with Crippen molar-refractivity contribution in [2.45, 2.75) is 43.7 Å². The Bertz CT molecular complexity index is 744. The highest BCUT2D eigenvalue weighted by molar-refractivity contribution is 5.95. The van der Waals surface area contributed by atoms with Gasteiger partial charge in [0.25, 0.3) is 5.91 Å². The summed E-state index contributed by atoms with van der Waals surface area (Å²) in [4.78, 5) is 14.9. The SMILES string of the molecule is O=C(c1cccc(O)c1)N1[C@@H]2CC[C@H]1CC(c1ccc(F)cc1)C2. The van der Waals surface area contributed by atoms with Crippen LogP contribution < -0.4 is 0 Å². The Balaban J connectivity index is 1.55. The molecule has 2 heterocycles. The van der Waals surface area contributed by atoms with Gasteiger partial charge in [-0.05, 0) is 67.5 Å². The van der Waals surface area contributed by atoms with Crippen LogP contribution in [0.5, 0.6) is 5.75 Å². The van der Waals surface area contributed by atoms with Crippen LogP contribution in [0.15, 0.2) is 48.5 Å². The predicted molar refractivity (Wildman–Crippen MR) is 89.5 cm³/mol. The zero-order chi connectivity index (χ0) is 16.7. The lowest BCUT2D eigenvalue weighted by atomic mass is 9.85. The third-order valence-corrected chi connectivity index (χ3v) is 5.40. The molecular weight excluding hydrogens is 305 g/mol. The first-order valence-electron chi connectivity index (χ1n) is 8.49. The Labute approximate surface area is 140 Å². The number of hydrogen-bond donors (Lipinski definition) is 1. The van der Waals surface area contributed by atoms with E-state index >= 15 is 0 Å². The van der Waals surface area contributed by atoms with Crippen molar-refractivity contribution in [3.8, 4) is 5.75 Å². The van der Waals surface area contributed by atoms with Gasteiger partial charge in [0, 0.05) is 17.6 Å². The number of carbonyl (C=O) groups is 1. The van der Waals surface area contributed by atoms with Crippen LogP contribution in [0.1, 0.15) is 47.5 Å². The van der Waals surface area contributed by atoms with Crippen LogP contribution in [0.2, 0.25) is 0 Å². The van der Waals surface area contributed by atoms with Crippen molar-refractivity contribution < 1.29 is 14.3 Å². The highest BCUT2D eigenvalue weighted by atomic mass is 19.1. The lowest BCUT2D eigenvalue weighted by molar-refractivity contribution is 0.0571. The Morgan fingerprint density at radius 1 is 1.04 bits per heavy atom. The lowest BCUT2D eigenvalue weighted by Crippen LogP contribution is -2.46. The Kier molecular flexibility index (Phi) is 3.75. The van der Waals surface area contributed by atoms with Gasteiger partial charge >= 0.3 is 0 Å². The highest BCUT2D eigenvalue weighted by Gasteiger charge is 2.43. The molecule has 1 unspecified atom stereocenters. The second-order valence-electron chi connectivity index (χ2n) is 6.87. The lowest BCUT2D eigenvalue weighted by Gasteiger charge is -2.39. The maximum Gasteiger partial charge on any atom is 0.254 e. The first-order chi connectivity index (χ1) is 11.6. The Morgan fingerprint density at radius 3 is 2.33 bits per heavy atom. The van der Waals surface area contributed by atoms with E-state index in [4.69, 9.17) is 0 Å². The quantitative estimate of drug-likeness (QED) is 0.904. The van der Waals surface area contributed by atoms with Crippen LogP contribution in [-0.2, 0) is 0 Å². The van der Waals surface area contributed by atoms with Crippen LogP contribution in [0.3, 0.4) is 0 Å². The van der Waals surface area contributed by atoms with E-state index in [1.807, 2.05) is 17.0 Å². The van der Waals surface area contributed by atoms with Crippen molar-refractivity contribution in [3.63, 3.8) is 0 Å². The Hall–Kier alpha value is -2.36. The number of hydrogen-bond acceptors (Lipinski definition) is 2. The van der Waals surface area contributed by atoms with Gasteiger partial charge in [-0.2, -0.15) is 0 Å². The highest BCUT2D eigenvalue weighted by Crippen LogP contribution is 2.43. The number of phenolic OH excluding ortho intramolecular Hbond substituents is 1. The summed E-state index contributed by atoms with van der Waals surface area (Å²) in [7, 11) is 0. The summed E-state index contributed by atoms with van der Waals surface area (Å²) in [6.45, 7) is 0. The number of nitrogens with zero attached hydrogens (tertiary/aromatic N) is 1. The third-order valence-electron chi connectivity index (χ3n) is 5.40. The van der Waals surface area contributed by atoms with Gasteiger partial charge < -0.3 is 10.0 Å². The molecule has 124 valence electrons. The zero-order valence-corrected chi connectivity index (χ0v) is 13.4. The minimum Gasteiger partial charge on any atom is -0.508 e. The van der Waals surface area contributed by atoms with Crippen LogP contribution in [0.25, 0.3) is 0 Å². The molecule has 4 rings (SSSR count). The first kappa shape index (κ1) is 15.2. The molecule has 2 fully saturated rings.